The van der Waals surface area contributed by atoms with Gasteiger partial charge in [-0.05, 0) is 25.7 Å². The van der Waals surface area contributed by atoms with E-state index in [0.29, 0.717) is 25.4 Å². The van der Waals surface area contributed by atoms with Crippen LogP contribution in [-0.4, -0.2) is 18.4 Å². The zero-order chi connectivity index (χ0) is 9.84. The Kier molecular flexibility index (Phi) is 3.46. The summed E-state index contributed by atoms with van der Waals surface area (Å²) in [6.07, 6.45) is 2.11. The number of esters is 1. The third-order valence-electron chi connectivity index (χ3n) is 2.48. The molecule has 13 heavy (non-hydrogen) atoms. The van der Waals surface area contributed by atoms with Crippen LogP contribution in [0.4, 0.5) is 0 Å². The number of carbonyl (C=O) groups excluding carboxylic acids is 2. The average Bonchev–Trinajstić information content (AvgIpc) is 2.09. The zero-order valence-corrected chi connectivity index (χ0v) is 8.21. The third kappa shape index (κ3) is 2.54. The second kappa shape index (κ2) is 4.40. The van der Waals surface area contributed by atoms with Gasteiger partial charge in [0.2, 0.25) is 0 Å². The minimum Gasteiger partial charge on any atom is -0.465 e. The number of hydrogen-bond acceptors (Lipinski definition) is 3. The van der Waals surface area contributed by atoms with Gasteiger partial charge in [0.25, 0.3) is 0 Å². The fourth-order valence-electron chi connectivity index (χ4n) is 1.69. The summed E-state index contributed by atoms with van der Waals surface area (Å²) in [7, 11) is 0. The summed E-state index contributed by atoms with van der Waals surface area (Å²) >= 11 is 0. The quantitative estimate of drug-likeness (QED) is 0.483. The van der Waals surface area contributed by atoms with E-state index in [-0.39, 0.29) is 11.8 Å². The zero-order valence-electron chi connectivity index (χ0n) is 8.21. The predicted molar refractivity (Wildman–Crippen MR) is 48.1 cm³/mol. The second-order valence-corrected chi connectivity index (χ2v) is 3.65. The van der Waals surface area contributed by atoms with Crippen molar-refractivity contribution in [2.24, 2.45) is 11.8 Å². The van der Waals surface area contributed by atoms with Crippen molar-refractivity contribution in [3.05, 3.63) is 0 Å². The Balaban J connectivity index is 2.55. The first-order valence-corrected chi connectivity index (χ1v) is 4.84. The lowest BCUT2D eigenvalue weighted by atomic mass is 9.81. The summed E-state index contributed by atoms with van der Waals surface area (Å²) < 4.78 is 4.84. The maximum Gasteiger partial charge on any atom is 0.316 e. The van der Waals surface area contributed by atoms with Crippen molar-refractivity contribution < 1.29 is 14.3 Å². The number of carbonyl (C=O) groups is 2. The molecule has 0 aromatic carbocycles. The van der Waals surface area contributed by atoms with Crippen LogP contribution in [0, 0.1) is 11.8 Å². The van der Waals surface area contributed by atoms with E-state index >= 15 is 0 Å². The summed E-state index contributed by atoms with van der Waals surface area (Å²) in [4.78, 5) is 22.7. The molecule has 1 saturated carbocycles. The van der Waals surface area contributed by atoms with Gasteiger partial charge in [-0.1, -0.05) is 6.92 Å². The highest BCUT2D eigenvalue weighted by molar-refractivity contribution is 5.99. The van der Waals surface area contributed by atoms with E-state index in [0.717, 1.165) is 6.42 Å². The molecule has 1 rings (SSSR count). The topological polar surface area (TPSA) is 43.4 Å². The molecule has 1 aliphatic rings. The van der Waals surface area contributed by atoms with E-state index in [2.05, 4.69) is 6.92 Å². The maximum atomic E-state index is 11.4. The van der Waals surface area contributed by atoms with Crippen LogP contribution in [0.1, 0.15) is 33.1 Å². The molecule has 0 spiro atoms. The van der Waals surface area contributed by atoms with Crippen LogP contribution < -0.4 is 0 Å². The molecule has 3 heteroatoms. The highest BCUT2D eigenvalue weighted by Gasteiger charge is 2.32. The Hall–Kier alpha value is -0.860. The monoisotopic (exact) mass is 184 g/mol. The van der Waals surface area contributed by atoms with Crippen molar-refractivity contribution in [1.29, 1.82) is 0 Å². The predicted octanol–water partition coefficient (Wildman–Crippen LogP) is 1.55. The molecule has 0 saturated heterocycles. The first kappa shape index (κ1) is 10.2. The Labute approximate surface area is 78.5 Å². The van der Waals surface area contributed by atoms with Gasteiger partial charge in [0.1, 0.15) is 11.7 Å². The second-order valence-electron chi connectivity index (χ2n) is 3.65. The van der Waals surface area contributed by atoms with Crippen LogP contribution in [-0.2, 0) is 14.3 Å². The van der Waals surface area contributed by atoms with Crippen LogP contribution in [0.15, 0.2) is 0 Å². The molecule has 0 aliphatic heterocycles. The Morgan fingerprint density at radius 1 is 1.62 bits per heavy atom. The number of hydrogen-bond donors (Lipinski definition) is 0. The fourth-order valence-corrected chi connectivity index (χ4v) is 1.69. The average molecular weight is 184 g/mol. The van der Waals surface area contributed by atoms with E-state index in [1.807, 2.05) is 0 Å². The van der Waals surface area contributed by atoms with Gasteiger partial charge in [-0.2, -0.15) is 0 Å². The molecule has 74 valence electrons. The van der Waals surface area contributed by atoms with E-state index in [1.54, 1.807) is 6.92 Å². The molecular weight excluding hydrogens is 168 g/mol. The Bertz CT molecular complexity index is 210. The molecule has 3 nitrogen and oxygen atoms in total. The van der Waals surface area contributed by atoms with Crippen molar-refractivity contribution in [2.45, 2.75) is 33.1 Å². The molecule has 2 unspecified atom stereocenters. The molecule has 0 aromatic heterocycles. The van der Waals surface area contributed by atoms with Crippen LogP contribution in [0.2, 0.25) is 0 Å². The molecule has 0 heterocycles. The van der Waals surface area contributed by atoms with Crippen LogP contribution in [0.5, 0.6) is 0 Å². The van der Waals surface area contributed by atoms with Gasteiger partial charge in [0.05, 0.1) is 6.61 Å². The summed E-state index contributed by atoms with van der Waals surface area (Å²) in [5.41, 5.74) is 0. The lowest BCUT2D eigenvalue weighted by Crippen LogP contribution is -2.31. The SMILES string of the molecule is CCOC(=O)C1CC(C)CCC1=O. The van der Waals surface area contributed by atoms with E-state index in [1.165, 1.54) is 0 Å². The van der Waals surface area contributed by atoms with Crippen molar-refractivity contribution in [3.63, 3.8) is 0 Å². The summed E-state index contributed by atoms with van der Waals surface area (Å²) in [5.74, 6) is -0.300. The molecule has 0 N–H and O–H groups in total. The van der Waals surface area contributed by atoms with E-state index < -0.39 is 5.92 Å². The van der Waals surface area contributed by atoms with Crippen LogP contribution in [0.25, 0.3) is 0 Å². The van der Waals surface area contributed by atoms with Gasteiger partial charge in [0.15, 0.2) is 0 Å². The number of ether oxygens (including phenoxy) is 1. The minimum absolute atomic E-state index is 0.0524. The summed E-state index contributed by atoms with van der Waals surface area (Å²) in [6.45, 7) is 4.18. The molecule has 0 aromatic rings. The van der Waals surface area contributed by atoms with Gasteiger partial charge in [-0.3, -0.25) is 9.59 Å². The first-order chi connectivity index (χ1) is 6.15. The standard InChI is InChI=1S/C10H16O3/c1-3-13-10(12)8-6-7(2)4-5-9(8)11/h7-8H,3-6H2,1-2H3. The Morgan fingerprint density at radius 2 is 2.31 bits per heavy atom. The third-order valence-corrected chi connectivity index (χ3v) is 2.48. The van der Waals surface area contributed by atoms with Crippen LogP contribution in [0.3, 0.4) is 0 Å². The van der Waals surface area contributed by atoms with Gasteiger partial charge in [0, 0.05) is 6.42 Å². The minimum atomic E-state index is -0.483. The molecule has 1 fully saturated rings. The highest BCUT2D eigenvalue weighted by atomic mass is 16.5. The van der Waals surface area contributed by atoms with E-state index in [9.17, 15) is 9.59 Å². The molecule has 1 aliphatic carbocycles. The van der Waals surface area contributed by atoms with Gasteiger partial charge in [-0.15, -0.1) is 0 Å². The number of rotatable bonds is 2. The molecule has 0 amide bonds. The first-order valence-electron chi connectivity index (χ1n) is 4.84. The van der Waals surface area contributed by atoms with Gasteiger partial charge in [-0.25, -0.2) is 0 Å². The number of Topliss-reactive ketones (excluding diaryl/α,β-unsaturated/α-hetero) is 1. The van der Waals surface area contributed by atoms with Crippen LogP contribution >= 0.6 is 0 Å². The smallest absolute Gasteiger partial charge is 0.316 e. The summed E-state index contributed by atoms with van der Waals surface area (Å²) in [5, 5.41) is 0. The molecular formula is C10H16O3. The molecule has 0 radical (unpaired) electrons. The number of ketones is 1. The molecule has 0 bridgehead atoms. The van der Waals surface area contributed by atoms with Crippen molar-refractivity contribution in [1.82, 2.24) is 0 Å². The van der Waals surface area contributed by atoms with Crippen molar-refractivity contribution in [3.8, 4) is 0 Å². The normalized spacial score (nSPS) is 28.6. The largest absolute Gasteiger partial charge is 0.465 e. The van der Waals surface area contributed by atoms with Gasteiger partial charge >= 0.3 is 5.97 Å². The van der Waals surface area contributed by atoms with Crippen molar-refractivity contribution in [2.75, 3.05) is 6.61 Å². The van der Waals surface area contributed by atoms with Crippen molar-refractivity contribution >= 4 is 11.8 Å². The highest BCUT2D eigenvalue weighted by Crippen LogP contribution is 2.26. The van der Waals surface area contributed by atoms with E-state index in [4.69, 9.17) is 4.74 Å². The lowest BCUT2D eigenvalue weighted by molar-refractivity contribution is -0.153. The lowest BCUT2D eigenvalue weighted by Gasteiger charge is -2.23. The fraction of sp³-hybridized carbons (Fsp3) is 0.800. The van der Waals surface area contributed by atoms with Gasteiger partial charge < -0.3 is 4.74 Å². The maximum absolute atomic E-state index is 11.4. The Morgan fingerprint density at radius 3 is 2.92 bits per heavy atom. The summed E-state index contributed by atoms with van der Waals surface area (Å²) in [6, 6.07) is 0. The molecule has 2 atom stereocenters.